The summed E-state index contributed by atoms with van der Waals surface area (Å²) >= 11 is 0. The Hall–Kier alpha value is -3.00. The van der Waals surface area contributed by atoms with Crippen LogP contribution in [0.4, 0.5) is 0 Å². The third-order valence-electron chi connectivity index (χ3n) is 5.02. The van der Waals surface area contributed by atoms with Crippen LogP contribution in [0.1, 0.15) is 27.0 Å². The van der Waals surface area contributed by atoms with Crippen LogP contribution in [-0.2, 0) is 23.1 Å². The molecule has 0 aromatic heterocycles. The molecule has 0 saturated heterocycles. The maximum Gasteiger partial charge on any atom is 0.249 e. The predicted molar refractivity (Wildman–Crippen MR) is 123 cm³/mol. The minimum absolute atomic E-state index is 0.0115. The first kappa shape index (κ1) is 22.7. The number of nitrogens with zero attached hydrogens (tertiary/aromatic N) is 1. The average molecular weight is 438 g/mol. The molecule has 0 aliphatic carbocycles. The molecule has 31 heavy (non-hydrogen) atoms. The number of carbonyl (C=O) groups is 1. The largest absolute Gasteiger partial charge is 0.366 e. The molecule has 1 amide bonds. The van der Waals surface area contributed by atoms with Crippen molar-refractivity contribution in [2.75, 3.05) is 14.1 Å². The summed E-state index contributed by atoms with van der Waals surface area (Å²) in [7, 11) is 0.233. The van der Waals surface area contributed by atoms with Gasteiger partial charge in [0.2, 0.25) is 15.9 Å². The number of nitrogens with two attached hydrogens (primary N) is 1. The summed E-state index contributed by atoms with van der Waals surface area (Å²) in [6, 6.07) is 20.3. The number of benzene rings is 3. The lowest BCUT2D eigenvalue weighted by atomic mass is 9.99. The summed E-state index contributed by atoms with van der Waals surface area (Å²) in [5.41, 5.74) is 10.2. The van der Waals surface area contributed by atoms with Crippen LogP contribution in [0.25, 0.3) is 11.1 Å². The fourth-order valence-corrected chi connectivity index (χ4v) is 4.43. The van der Waals surface area contributed by atoms with Gasteiger partial charge in [-0.1, -0.05) is 54.6 Å². The zero-order chi connectivity index (χ0) is 22.6. The molecule has 7 heteroatoms. The van der Waals surface area contributed by atoms with E-state index in [0.717, 1.165) is 23.2 Å². The summed E-state index contributed by atoms with van der Waals surface area (Å²) in [5.74, 6) is -0.655. The van der Waals surface area contributed by atoms with Crippen molar-refractivity contribution >= 4 is 15.9 Å². The van der Waals surface area contributed by atoms with Crippen molar-refractivity contribution in [3.63, 3.8) is 0 Å². The van der Waals surface area contributed by atoms with Crippen molar-refractivity contribution in [1.82, 2.24) is 9.62 Å². The minimum Gasteiger partial charge on any atom is -0.366 e. The van der Waals surface area contributed by atoms with E-state index in [1.54, 1.807) is 13.0 Å². The molecule has 0 aliphatic rings. The minimum atomic E-state index is -3.81. The fraction of sp³-hybridized carbons (Fsp3) is 0.208. The topological polar surface area (TPSA) is 92.5 Å². The standard InChI is InChI=1S/C24H27N3O3S/c1-17-8-13-21(14-23(17)24(25)28)31(29,30)26-15-20-6-4-5-7-22(20)19-11-9-18(10-12-19)16-27(2)3/h4-14,26H,15-16H2,1-3H3,(H2,25,28). The Bertz CT molecular complexity index is 1190. The van der Waals surface area contributed by atoms with Gasteiger partial charge in [0.15, 0.2) is 0 Å². The van der Waals surface area contributed by atoms with Crippen LogP contribution < -0.4 is 10.5 Å². The number of hydrogen-bond donors (Lipinski definition) is 2. The van der Waals surface area contributed by atoms with E-state index in [1.807, 2.05) is 50.5 Å². The molecule has 3 rings (SSSR count). The quantitative estimate of drug-likeness (QED) is 0.566. The Morgan fingerprint density at radius 1 is 1.00 bits per heavy atom. The lowest BCUT2D eigenvalue weighted by Gasteiger charge is -2.14. The first-order valence-corrected chi connectivity index (χ1v) is 11.4. The predicted octanol–water partition coefficient (Wildman–Crippen LogP) is 3.30. The van der Waals surface area contributed by atoms with Crippen LogP contribution in [0.5, 0.6) is 0 Å². The van der Waals surface area contributed by atoms with Crippen molar-refractivity contribution in [1.29, 1.82) is 0 Å². The van der Waals surface area contributed by atoms with E-state index < -0.39 is 15.9 Å². The molecule has 3 aromatic carbocycles. The zero-order valence-corrected chi connectivity index (χ0v) is 18.7. The normalized spacial score (nSPS) is 11.6. The van der Waals surface area contributed by atoms with E-state index in [4.69, 9.17) is 5.73 Å². The molecular weight excluding hydrogens is 410 g/mol. The average Bonchev–Trinajstić information content (AvgIpc) is 2.73. The molecule has 0 unspecified atom stereocenters. The summed E-state index contributed by atoms with van der Waals surface area (Å²) in [6.07, 6.45) is 0. The van der Waals surface area contributed by atoms with E-state index in [1.165, 1.54) is 17.7 Å². The molecule has 0 radical (unpaired) electrons. The SMILES string of the molecule is Cc1ccc(S(=O)(=O)NCc2ccccc2-c2ccc(CN(C)C)cc2)cc1C(N)=O. The second-order valence-corrected chi connectivity index (χ2v) is 9.52. The highest BCUT2D eigenvalue weighted by Crippen LogP contribution is 2.25. The molecule has 0 saturated carbocycles. The van der Waals surface area contributed by atoms with Gasteiger partial charge in [-0.2, -0.15) is 0 Å². The lowest BCUT2D eigenvalue weighted by molar-refractivity contribution is 0.0999. The van der Waals surface area contributed by atoms with Crippen molar-refractivity contribution < 1.29 is 13.2 Å². The third-order valence-corrected chi connectivity index (χ3v) is 6.42. The van der Waals surface area contributed by atoms with Crippen LogP contribution in [0.3, 0.4) is 0 Å². The van der Waals surface area contributed by atoms with Gasteiger partial charge in [0.1, 0.15) is 0 Å². The van der Waals surface area contributed by atoms with Crippen molar-refractivity contribution in [2.24, 2.45) is 5.73 Å². The second-order valence-electron chi connectivity index (χ2n) is 7.76. The number of nitrogens with one attached hydrogen (secondary N) is 1. The second kappa shape index (κ2) is 9.43. The number of primary amides is 1. The molecule has 0 bridgehead atoms. The Kier molecular flexibility index (Phi) is 6.90. The van der Waals surface area contributed by atoms with E-state index in [9.17, 15) is 13.2 Å². The molecule has 0 spiro atoms. The number of hydrogen-bond acceptors (Lipinski definition) is 4. The van der Waals surface area contributed by atoms with Crippen molar-refractivity contribution in [2.45, 2.75) is 24.9 Å². The van der Waals surface area contributed by atoms with Crippen LogP contribution in [0.2, 0.25) is 0 Å². The summed E-state index contributed by atoms with van der Waals surface area (Å²) < 4.78 is 28.3. The molecule has 0 heterocycles. The van der Waals surface area contributed by atoms with Gasteiger partial charge < -0.3 is 10.6 Å². The van der Waals surface area contributed by atoms with Crippen LogP contribution >= 0.6 is 0 Å². The first-order valence-electron chi connectivity index (χ1n) is 9.89. The van der Waals surface area contributed by atoms with Gasteiger partial charge in [0.05, 0.1) is 4.90 Å². The maximum absolute atomic E-state index is 12.8. The third kappa shape index (κ3) is 5.58. The van der Waals surface area contributed by atoms with Gasteiger partial charge in [-0.25, -0.2) is 13.1 Å². The molecule has 3 N–H and O–H groups in total. The molecule has 162 valence electrons. The monoisotopic (exact) mass is 437 g/mol. The maximum atomic E-state index is 12.8. The Labute approximate surface area is 183 Å². The van der Waals surface area contributed by atoms with Crippen molar-refractivity contribution in [3.05, 3.63) is 89.0 Å². The summed E-state index contributed by atoms with van der Waals surface area (Å²) in [5, 5.41) is 0. The van der Waals surface area contributed by atoms with Gasteiger partial charge in [-0.15, -0.1) is 0 Å². The van der Waals surface area contributed by atoms with Crippen LogP contribution in [-0.4, -0.2) is 33.3 Å². The van der Waals surface area contributed by atoms with Crippen LogP contribution in [0, 0.1) is 6.92 Å². The van der Waals surface area contributed by atoms with Gasteiger partial charge in [-0.05, 0) is 61.0 Å². The number of aryl methyl sites for hydroxylation is 1. The van der Waals surface area contributed by atoms with E-state index in [2.05, 4.69) is 21.8 Å². The van der Waals surface area contributed by atoms with E-state index >= 15 is 0 Å². The highest BCUT2D eigenvalue weighted by atomic mass is 32.2. The van der Waals surface area contributed by atoms with Gasteiger partial charge in [-0.3, -0.25) is 4.79 Å². The fourth-order valence-electron chi connectivity index (χ4n) is 3.40. The van der Waals surface area contributed by atoms with Crippen molar-refractivity contribution in [3.8, 4) is 11.1 Å². The number of carbonyl (C=O) groups excluding carboxylic acids is 1. The number of rotatable bonds is 8. The first-order chi connectivity index (χ1) is 14.7. The Balaban J connectivity index is 1.83. The smallest absolute Gasteiger partial charge is 0.249 e. The lowest BCUT2D eigenvalue weighted by Crippen LogP contribution is -2.24. The molecule has 0 fully saturated rings. The molecule has 0 aliphatic heterocycles. The summed E-state index contributed by atoms with van der Waals surface area (Å²) in [4.78, 5) is 13.7. The van der Waals surface area contributed by atoms with Gasteiger partial charge >= 0.3 is 0 Å². The zero-order valence-electron chi connectivity index (χ0n) is 17.9. The number of sulfonamides is 1. The van der Waals surface area contributed by atoms with Gasteiger partial charge in [0, 0.05) is 18.7 Å². The van der Waals surface area contributed by atoms with Gasteiger partial charge in [0.25, 0.3) is 0 Å². The van der Waals surface area contributed by atoms with E-state index in [-0.39, 0.29) is 17.0 Å². The Morgan fingerprint density at radius 2 is 1.68 bits per heavy atom. The number of amides is 1. The van der Waals surface area contributed by atoms with Crippen LogP contribution in [0.15, 0.2) is 71.6 Å². The highest BCUT2D eigenvalue weighted by molar-refractivity contribution is 7.89. The molecule has 0 atom stereocenters. The molecule has 6 nitrogen and oxygen atoms in total. The summed E-state index contributed by atoms with van der Waals surface area (Å²) in [6.45, 7) is 2.69. The molecule has 3 aromatic rings. The Morgan fingerprint density at radius 3 is 2.32 bits per heavy atom. The van der Waals surface area contributed by atoms with E-state index in [0.29, 0.717) is 5.56 Å². The molecular formula is C24H27N3O3S. The highest BCUT2D eigenvalue weighted by Gasteiger charge is 2.17.